The number of alkyl halides is 3. The molecule has 1 aliphatic carbocycles. The molecule has 1 aromatic carbocycles. The lowest BCUT2D eigenvalue weighted by Gasteiger charge is -2.40. The number of benzene rings is 1. The lowest BCUT2D eigenvalue weighted by Crippen LogP contribution is -2.37. The van der Waals surface area contributed by atoms with E-state index in [1.165, 1.54) is 4.90 Å². The van der Waals surface area contributed by atoms with Crippen LogP contribution >= 0.6 is 0 Å². The highest BCUT2D eigenvalue weighted by molar-refractivity contribution is 6.03. The Labute approximate surface area is 208 Å². The number of nitrogens with zero attached hydrogens (tertiary/aromatic N) is 5. The van der Waals surface area contributed by atoms with Crippen LogP contribution in [-0.4, -0.2) is 20.3 Å². The van der Waals surface area contributed by atoms with E-state index in [4.69, 9.17) is 0 Å². The lowest BCUT2D eigenvalue weighted by molar-refractivity contribution is -0.384. The van der Waals surface area contributed by atoms with E-state index >= 15 is 0 Å². The van der Waals surface area contributed by atoms with Gasteiger partial charge in [0.25, 0.3) is 5.69 Å². The van der Waals surface area contributed by atoms with Crippen molar-refractivity contribution in [1.82, 2.24) is 9.55 Å². The molecule has 0 bridgehead atoms. The van der Waals surface area contributed by atoms with Gasteiger partial charge in [0.15, 0.2) is 5.78 Å². The predicted molar refractivity (Wildman–Crippen MR) is 127 cm³/mol. The van der Waals surface area contributed by atoms with Gasteiger partial charge in [-0.15, -0.1) is 0 Å². The number of anilines is 1. The Hall–Kier alpha value is -4.72. The van der Waals surface area contributed by atoms with Crippen LogP contribution in [0, 0.1) is 21.4 Å². The molecule has 0 unspecified atom stereocenters. The van der Waals surface area contributed by atoms with Gasteiger partial charge in [-0.2, -0.15) is 18.4 Å². The second-order valence-electron chi connectivity index (χ2n) is 8.59. The summed E-state index contributed by atoms with van der Waals surface area (Å²) in [5.41, 5.74) is -0.714. The summed E-state index contributed by atoms with van der Waals surface area (Å²) in [6.45, 7) is 0. The SMILES string of the molecule is N#CC1=C(n2cccc2)N(c2ccc(C(F)(F)F)cc2[N+](=O)[O-])C2=C(C(=O)CCC2)[C@H]1c1cccnc1. The molecule has 0 saturated carbocycles. The van der Waals surface area contributed by atoms with E-state index in [2.05, 4.69) is 11.1 Å². The van der Waals surface area contributed by atoms with E-state index < -0.39 is 28.3 Å². The Morgan fingerprint density at radius 1 is 1.14 bits per heavy atom. The maximum absolute atomic E-state index is 13.4. The van der Waals surface area contributed by atoms with Gasteiger partial charge >= 0.3 is 6.18 Å². The third-order valence-corrected chi connectivity index (χ3v) is 6.46. The average Bonchev–Trinajstić information content (AvgIpc) is 3.42. The van der Waals surface area contributed by atoms with Crippen LogP contribution in [0.25, 0.3) is 5.82 Å². The molecule has 186 valence electrons. The number of allylic oxidation sites excluding steroid dienone is 3. The van der Waals surface area contributed by atoms with E-state index in [1.54, 1.807) is 53.6 Å². The van der Waals surface area contributed by atoms with Crippen LogP contribution in [0.2, 0.25) is 0 Å². The molecule has 5 rings (SSSR count). The number of ketones is 1. The van der Waals surface area contributed by atoms with E-state index in [0.717, 1.165) is 12.1 Å². The summed E-state index contributed by atoms with van der Waals surface area (Å²) in [5.74, 6) is -0.810. The summed E-state index contributed by atoms with van der Waals surface area (Å²) in [7, 11) is 0. The third kappa shape index (κ3) is 4.06. The van der Waals surface area contributed by atoms with Gasteiger partial charge in [-0.3, -0.25) is 24.8 Å². The molecular weight excluding hydrogens is 487 g/mol. The van der Waals surface area contributed by atoms with Crippen molar-refractivity contribution in [2.24, 2.45) is 0 Å². The average molecular weight is 505 g/mol. The first-order chi connectivity index (χ1) is 17.7. The van der Waals surface area contributed by atoms with Crippen molar-refractivity contribution in [3.05, 3.63) is 105 Å². The Bertz CT molecular complexity index is 1500. The van der Waals surface area contributed by atoms with Gasteiger partial charge in [0.1, 0.15) is 11.5 Å². The van der Waals surface area contributed by atoms with Crippen molar-refractivity contribution in [1.29, 1.82) is 5.26 Å². The molecule has 11 heteroatoms. The first-order valence-corrected chi connectivity index (χ1v) is 11.3. The fourth-order valence-corrected chi connectivity index (χ4v) is 4.95. The number of carbonyl (C=O) groups is 1. The lowest BCUT2D eigenvalue weighted by atomic mass is 9.76. The number of aromatic nitrogens is 2. The minimum atomic E-state index is -4.79. The van der Waals surface area contributed by atoms with Crippen molar-refractivity contribution < 1.29 is 22.9 Å². The van der Waals surface area contributed by atoms with Crippen LogP contribution in [0.3, 0.4) is 0 Å². The molecular formula is C26H18F3N5O3. The van der Waals surface area contributed by atoms with Crippen molar-refractivity contribution in [3.8, 4) is 6.07 Å². The number of nitriles is 1. The van der Waals surface area contributed by atoms with E-state index in [0.29, 0.717) is 35.7 Å². The highest BCUT2D eigenvalue weighted by atomic mass is 19.4. The highest BCUT2D eigenvalue weighted by Crippen LogP contribution is 2.50. The fraction of sp³-hybridized carbons (Fsp3) is 0.192. The second kappa shape index (κ2) is 9.05. The number of Topliss-reactive ketones (excluding diaryl/α,β-unsaturated/α-hetero) is 1. The molecule has 2 aromatic heterocycles. The van der Waals surface area contributed by atoms with Crippen LogP contribution in [0.4, 0.5) is 24.5 Å². The van der Waals surface area contributed by atoms with Crippen LogP contribution in [0.1, 0.15) is 36.3 Å². The summed E-state index contributed by atoms with van der Waals surface area (Å²) < 4.78 is 41.9. The monoisotopic (exact) mass is 505 g/mol. The normalized spacial score (nSPS) is 18.1. The zero-order chi connectivity index (χ0) is 26.3. The summed E-state index contributed by atoms with van der Waals surface area (Å²) in [4.78, 5) is 30.0. The summed E-state index contributed by atoms with van der Waals surface area (Å²) in [6, 6.07) is 11.2. The maximum atomic E-state index is 13.4. The first kappa shape index (κ1) is 24.0. The van der Waals surface area contributed by atoms with E-state index in [-0.39, 0.29) is 29.3 Å². The van der Waals surface area contributed by atoms with Crippen LogP contribution in [-0.2, 0) is 11.0 Å². The zero-order valence-electron chi connectivity index (χ0n) is 19.1. The number of nitro benzene ring substituents is 1. The second-order valence-corrected chi connectivity index (χ2v) is 8.59. The Morgan fingerprint density at radius 3 is 2.51 bits per heavy atom. The predicted octanol–water partition coefficient (Wildman–Crippen LogP) is 5.81. The van der Waals surface area contributed by atoms with Gasteiger partial charge < -0.3 is 4.57 Å². The number of carbonyl (C=O) groups excluding carboxylic acids is 1. The van der Waals surface area contributed by atoms with Crippen molar-refractivity contribution in [2.45, 2.75) is 31.4 Å². The fourth-order valence-electron chi connectivity index (χ4n) is 4.95. The standard InChI is InChI=1S/C26H18F3N5O3/c27-26(28,29)17-8-9-19(21(13-17)34(36)37)33-20-6-3-7-22(35)24(20)23(16-5-4-10-31-15-16)18(14-30)25(33)32-11-1-2-12-32/h1-2,4-5,8-13,15,23H,3,6-7H2/t23-/m0/s1. The molecule has 37 heavy (non-hydrogen) atoms. The number of halogens is 3. The molecule has 8 nitrogen and oxygen atoms in total. The molecule has 0 saturated heterocycles. The first-order valence-electron chi connectivity index (χ1n) is 11.3. The van der Waals surface area contributed by atoms with Gasteiger partial charge in [0, 0.05) is 48.5 Å². The molecule has 0 fully saturated rings. The van der Waals surface area contributed by atoms with Crippen molar-refractivity contribution >= 4 is 23.0 Å². The van der Waals surface area contributed by atoms with Gasteiger partial charge in [-0.1, -0.05) is 6.07 Å². The molecule has 3 aromatic rings. The van der Waals surface area contributed by atoms with Gasteiger partial charge in [-0.05, 0) is 48.7 Å². The van der Waals surface area contributed by atoms with E-state index in [1.807, 2.05) is 0 Å². The van der Waals surface area contributed by atoms with Gasteiger partial charge in [0.05, 0.1) is 28.0 Å². The Morgan fingerprint density at radius 2 is 1.89 bits per heavy atom. The number of nitro groups is 1. The molecule has 2 aliphatic rings. The van der Waals surface area contributed by atoms with Crippen LogP contribution < -0.4 is 4.90 Å². The van der Waals surface area contributed by atoms with Crippen LogP contribution in [0.15, 0.2) is 84.1 Å². The van der Waals surface area contributed by atoms with E-state index in [9.17, 15) is 33.3 Å². The summed E-state index contributed by atoms with van der Waals surface area (Å²) in [5, 5.41) is 22.4. The molecule has 3 heterocycles. The quantitative estimate of drug-likeness (QED) is 0.327. The number of pyridine rings is 1. The molecule has 0 radical (unpaired) electrons. The molecule has 1 aliphatic heterocycles. The topological polar surface area (TPSA) is 105 Å². The minimum Gasteiger partial charge on any atom is -0.309 e. The van der Waals surface area contributed by atoms with Crippen LogP contribution in [0.5, 0.6) is 0 Å². The largest absolute Gasteiger partial charge is 0.416 e. The van der Waals surface area contributed by atoms with Gasteiger partial charge in [0.2, 0.25) is 0 Å². The molecule has 1 atom stereocenters. The zero-order valence-corrected chi connectivity index (χ0v) is 19.1. The minimum absolute atomic E-state index is 0.118. The Balaban J connectivity index is 1.87. The maximum Gasteiger partial charge on any atom is 0.416 e. The summed E-state index contributed by atoms with van der Waals surface area (Å²) >= 11 is 0. The molecule has 0 amide bonds. The summed E-state index contributed by atoms with van der Waals surface area (Å²) in [6.07, 6.45) is 2.58. The molecule has 0 spiro atoms. The van der Waals surface area contributed by atoms with Crippen molar-refractivity contribution in [3.63, 3.8) is 0 Å². The van der Waals surface area contributed by atoms with Crippen molar-refractivity contribution in [2.75, 3.05) is 4.90 Å². The smallest absolute Gasteiger partial charge is 0.309 e. The third-order valence-electron chi connectivity index (χ3n) is 6.46. The number of hydrogen-bond acceptors (Lipinski definition) is 6. The number of rotatable bonds is 4. The number of hydrogen-bond donors (Lipinski definition) is 0. The molecule has 0 N–H and O–H groups in total. The Kier molecular flexibility index (Phi) is 5.87. The highest BCUT2D eigenvalue weighted by Gasteiger charge is 2.44. The van der Waals surface area contributed by atoms with Gasteiger partial charge in [-0.25, -0.2) is 0 Å².